The zero-order chi connectivity index (χ0) is 26.5. The molecule has 0 atom stereocenters. The van der Waals surface area contributed by atoms with E-state index >= 15 is 0 Å². The summed E-state index contributed by atoms with van der Waals surface area (Å²) in [6, 6.07) is 53.8. The van der Waals surface area contributed by atoms with Crippen LogP contribution in [0.3, 0.4) is 0 Å². The van der Waals surface area contributed by atoms with Gasteiger partial charge in [0, 0.05) is 27.5 Å². The van der Waals surface area contributed by atoms with Crippen LogP contribution in [-0.4, -0.2) is 0 Å². The van der Waals surface area contributed by atoms with Crippen LogP contribution in [0.4, 0.5) is 17.1 Å². The molecule has 0 radical (unpaired) electrons. The van der Waals surface area contributed by atoms with E-state index in [1.54, 1.807) is 0 Å². The first-order valence-electron chi connectivity index (χ1n) is 13.6. The normalized spacial score (nSPS) is 11.5. The van der Waals surface area contributed by atoms with Gasteiger partial charge < -0.3 is 9.32 Å². The van der Waals surface area contributed by atoms with Crippen LogP contribution >= 0.6 is 0 Å². The second kappa shape index (κ2) is 9.14. The number of hydrogen-bond acceptors (Lipinski definition) is 2. The van der Waals surface area contributed by atoms with Gasteiger partial charge in [-0.05, 0) is 70.1 Å². The maximum absolute atomic E-state index is 6.27. The van der Waals surface area contributed by atoms with E-state index in [9.17, 15) is 0 Å². The molecule has 2 nitrogen and oxygen atoms in total. The van der Waals surface area contributed by atoms with Crippen molar-refractivity contribution >= 4 is 49.8 Å². The van der Waals surface area contributed by atoms with Crippen LogP contribution in [0.15, 0.2) is 156 Å². The number of furan rings is 1. The molecule has 8 aromatic rings. The van der Waals surface area contributed by atoms with Gasteiger partial charge in [0.05, 0.1) is 5.69 Å². The number of rotatable bonds is 5. The molecule has 188 valence electrons. The summed E-state index contributed by atoms with van der Waals surface area (Å²) in [5, 5.41) is 4.74. The third-order valence-electron chi connectivity index (χ3n) is 7.85. The average Bonchev–Trinajstić information content (AvgIpc) is 3.42. The van der Waals surface area contributed by atoms with Gasteiger partial charge in [-0.25, -0.2) is 0 Å². The zero-order valence-corrected chi connectivity index (χ0v) is 21.8. The zero-order valence-electron chi connectivity index (χ0n) is 21.8. The van der Waals surface area contributed by atoms with Crippen molar-refractivity contribution in [3.05, 3.63) is 152 Å². The monoisotopic (exact) mass is 511 g/mol. The van der Waals surface area contributed by atoms with E-state index in [-0.39, 0.29) is 0 Å². The van der Waals surface area contributed by atoms with Crippen molar-refractivity contribution in [3.63, 3.8) is 0 Å². The van der Waals surface area contributed by atoms with Crippen molar-refractivity contribution in [2.45, 2.75) is 0 Å². The highest BCUT2D eigenvalue weighted by atomic mass is 16.3. The lowest BCUT2D eigenvalue weighted by molar-refractivity contribution is 0.669. The van der Waals surface area contributed by atoms with Gasteiger partial charge in [0.1, 0.15) is 11.2 Å². The summed E-state index contributed by atoms with van der Waals surface area (Å²) in [5.41, 5.74) is 10.0. The molecule has 0 amide bonds. The molecule has 0 spiro atoms. The van der Waals surface area contributed by atoms with Crippen molar-refractivity contribution in [3.8, 4) is 22.3 Å². The minimum atomic E-state index is 0.921. The SMILES string of the molecule is c1ccc(-c2ccc(N(c3ccc(-c4ccccc4)cc3)c3ccc4oc5cccc6ccc3c4c65)cc2)cc1. The molecule has 7 aromatic carbocycles. The molecule has 0 bridgehead atoms. The van der Waals surface area contributed by atoms with Crippen LogP contribution in [0.1, 0.15) is 0 Å². The van der Waals surface area contributed by atoms with Gasteiger partial charge in [-0.15, -0.1) is 0 Å². The summed E-state index contributed by atoms with van der Waals surface area (Å²) in [7, 11) is 0. The summed E-state index contributed by atoms with van der Waals surface area (Å²) < 4.78 is 6.27. The van der Waals surface area contributed by atoms with Gasteiger partial charge >= 0.3 is 0 Å². The maximum atomic E-state index is 6.27. The molecule has 0 saturated heterocycles. The highest BCUT2D eigenvalue weighted by Crippen LogP contribution is 2.45. The average molecular weight is 512 g/mol. The smallest absolute Gasteiger partial charge is 0.136 e. The summed E-state index contributed by atoms with van der Waals surface area (Å²) in [4.78, 5) is 2.36. The molecular formula is C38H25NO. The molecular weight excluding hydrogens is 486 g/mol. The first-order valence-corrected chi connectivity index (χ1v) is 13.6. The van der Waals surface area contributed by atoms with Gasteiger partial charge in [-0.1, -0.05) is 109 Å². The first kappa shape index (κ1) is 22.6. The molecule has 0 aliphatic carbocycles. The second-order valence-corrected chi connectivity index (χ2v) is 10.2. The van der Waals surface area contributed by atoms with E-state index in [1.165, 1.54) is 43.8 Å². The molecule has 0 N–H and O–H groups in total. The molecule has 0 aliphatic heterocycles. The molecule has 0 saturated carbocycles. The lowest BCUT2D eigenvalue weighted by Crippen LogP contribution is -2.10. The fourth-order valence-electron chi connectivity index (χ4n) is 5.92. The van der Waals surface area contributed by atoms with E-state index in [2.05, 4.69) is 157 Å². The minimum Gasteiger partial charge on any atom is -0.456 e. The second-order valence-electron chi connectivity index (χ2n) is 10.2. The van der Waals surface area contributed by atoms with Gasteiger partial charge in [0.25, 0.3) is 0 Å². The van der Waals surface area contributed by atoms with Crippen molar-refractivity contribution in [1.29, 1.82) is 0 Å². The van der Waals surface area contributed by atoms with Crippen LogP contribution in [0.25, 0.3) is 55.0 Å². The fourth-order valence-corrected chi connectivity index (χ4v) is 5.92. The summed E-state index contributed by atoms with van der Waals surface area (Å²) in [5.74, 6) is 0. The Morgan fingerprint density at radius 3 is 1.52 bits per heavy atom. The van der Waals surface area contributed by atoms with Gasteiger partial charge in [0.15, 0.2) is 0 Å². The third kappa shape index (κ3) is 3.65. The highest BCUT2D eigenvalue weighted by molar-refractivity contribution is 6.24. The Bertz CT molecular complexity index is 1990. The first-order chi connectivity index (χ1) is 19.8. The Balaban J connectivity index is 1.32. The highest BCUT2D eigenvalue weighted by Gasteiger charge is 2.20. The van der Waals surface area contributed by atoms with E-state index in [0.29, 0.717) is 0 Å². The fraction of sp³-hybridized carbons (Fsp3) is 0. The Hall–Kier alpha value is -5.34. The molecule has 0 fully saturated rings. The number of anilines is 3. The van der Waals surface area contributed by atoms with E-state index < -0.39 is 0 Å². The summed E-state index contributed by atoms with van der Waals surface area (Å²) in [6.45, 7) is 0. The Morgan fingerprint density at radius 2 is 0.925 bits per heavy atom. The molecule has 8 rings (SSSR count). The Morgan fingerprint density at radius 1 is 0.375 bits per heavy atom. The van der Waals surface area contributed by atoms with Gasteiger partial charge in [-0.2, -0.15) is 0 Å². The predicted molar refractivity (Wildman–Crippen MR) is 168 cm³/mol. The van der Waals surface area contributed by atoms with E-state index in [1.807, 2.05) is 0 Å². The van der Waals surface area contributed by atoms with Gasteiger partial charge in [0.2, 0.25) is 0 Å². The van der Waals surface area contributed by atoms with Crippen molar-refractivity contribution < 1.29 is 4.42 Å². The number of benzene rings is 7. The van der Waals surface area contributed by atoms with Gasteiger partial charge in [-0.3, -0.25) is 0 Å². The standard InChI is InChI=1S/C38H25NO/c1-3-8-26(9-4-1)28-14-19-31(20-15-28)39(32-21-16-29(17-22-32)27-10-5-2-6-11-27)34-24-25-36-38-33(34)23-18-30-12-7-13-35(40-36)37(30)38/h1-25H. The molecule has 2 heteroatoms. The lowest BCUT2D eigenvalue weighted by Gasteiger charge is -2.27. The third-order valence-corrected chi connectivity index (χ3v) is 7.85. The maximum Gasteiger partial charge on any atom is 0.136 e. The summed E-state index contributed by atoms with van der Waals surface area (Å²) >= 11 is 0. The minimum absolute atomic E-state index is 0.921. The van der Waals surface area contributed by atoms with Crippen LogP contribution < -0.4 is 4.90 Å². The van der Waals surface area contributed by atoms with Crippen LogP contribution in [0, 0.1) is 0 Å². The van der Waals surface area contributed by atoms with Crippen molar-refractivity contribution in [2.75, 3.05) is 4.90 Å². The Labute approximate surface area is 232 Å². The lowest BCUT2D eigenvalue weighted by atomic mass is 9.99. The van der Waals surface area contributed by atoms with E-state index in [0.717, 1.165) is 28.2 Å². The molecule has 0 unspecified atom stereocenters. The van der Waals surface area contributed by atoms with Crippen LogP contribution in [0.2, 0.25) is 0 Å². The molecule has 40 heavy (non-hydrogen) atoms. The van der Waals surface area contributed by atoms with Crippen LogP contribution in [-0.2, 0) is 0 Å². The quantitative estimate of drug-likeness (QED) is 0.214. The molecule has 0 aliphatic rings. The molecule has 1 aromatic heterocycles. The van der Waals surface area contributed by atoms with E-state index in [4.69, 9.17) is 4.42 Å². The predicted octanol–water partition coefficient (Wildman–Crippen LogP) is 11.0. The number of hydrogen-bond donors (Lipinski definition) is 0. The molecule has 1 heterocycles. The number of nitrogens with zero attached hydrogens (tertiary/aromatic N) is 1. The largest absolute Gasteiger partial charge is 0.456 e. The topological polar surface area (TPSA) is 16.4 Å². The van der Waals surface area contributed by atoms with Crippen molar-refractivity contribution in [2.24, 2.45) is 0 Å². The van der Waals surface area contributed by atoms with Crippen molar-refractivity contribution in [1.82, 2.24) is 0 Å². The van der Waals surface area contributed by atoms with Crippen LogP contribution in [0.5, 0.6) is 0 Å². The summed E-state index contributed by atoms with van der Waals surface area (Å²) in [6.07, 6.45) is 0. The Kier molecular flexibility index (Phi) is 5.17.